The number of rotatable bonds is 5. The normalized spacial score (nSPS) is 11.4. The first-order valence-corrected chi connectivity index (χ1v) is 9.24. The molecule has 0 spiro atoms. The van der Waals surface area contributed by atoms with Gasteiger partial charge in [-0.15, -0.1) is 0 Å². The molecule has 0 saturated heterocycles. The number of carbonyl (C=O) groups is 1. The molecule has 0 unspecified atom stereocenters. The van der Waals surface area contributed by atoms with Crippen LogP contribution in [0.15, 0.2) is 77.6 Å². The van der Waals surface area contributed by atoms with Gasteiger partial charge in [0, 0.05) is 5.56 Å². The van der Waals surface area contributed by atoms with E-state index in [1.54, 1.807) is 60.7 Å². The largest absolute Gasteiger partial charge is 0.504 e. The van der Waals surface area contributed by atoms with Crippen LogP contribution in [0.25, 0.3) is 22.7 Å². The highest BCUT2D eigenvalue weighted by atomic mass is 16.5. The molecule has 0 fully saturated rings. The highest BCUT2D eigenvalue weighted by Gasteiger charge is 2.20. The van der Waals surface area contributed by atoms with Crippen molar-refractivity contribution in [2.24, 2.45) is 0 Å². The van der Waals surface area contributed by atoms with E-state index in [0.717, 1.165) is 0 Å². The summed E-state index contributed by atoms with van der Waals surface area (Å²) < 4.78 is 5.15. The third-order valence-corrected chi connectivity index (χ3v) is 4.65. The Morgan fingerprint density at radius 3 is 2.53 bits per heavy atom. The molecule has 2 N–H and O–H groups in total. The Morgan fingerprint density at radius 2 is 1.77 bits per heavy atom. The van der Waals surface area contributed by atoms with E-state index in [4.69, 9.17) is 4.74 Å². The lowest BCUT2D eigenvalue weighted by Crippen LogP contribution is -2.18. The number of para-hydroxylation sites is 2. The fraction of sp³-hybridized carbons (Fsp3) is 0.0417. The molecule has 0 bridgehead atoms. The van der Waals surface area contributed by atoms with Crippen LogP contribution >= 0.6 is 0 Å². The van der Waals surface area contributed by atoms with Gasteiger partial charge in [0.2, 0.25) is 0 Å². The van der Waals surface area contributed by atoms with Gasteiger partial charge in [0.25, 0.3) is 5.56 Å². The third kappa shape index (κ3) is 3.71. The lowest BCUT2D eigenvalue weighted by atomic mass is 9.98. The molecule has 4 rings (SSSR count). The second-order valence-corrected chi connectivity index (χ2v) is 6.62. The maximum atomic E-state index is 13.3. The lowest BCUT2D eigenvalue weighted by molar-refractivity contribution is 0.105. The van der Waals surface area contributed by atoms with Gasteiger partial charge in [-0.3, -0.25) is 9.59 Å². The monoisotopic (exact) mass is 398 g/mol. The molecule has 148 valence electrons. The number of allylic oxidation sites excluding steroid dienone is 1. The van der Waals surface area contributed by atoms with Crippen molar-refractivity contribution in [3.05, 3.63) is 100.0 Å². The van der Waals surface area contributed by atoms with Crippen LogP contribution in [0, 0.1) is 0 Å². The topological polar surface area (TPSA) is 92.3 Å². The van der Waals surface area contributed by atoms with Gasteiger partial charge in [-0.25, -0.2) is 4.98 Å². The van der Waals surface area contributed by atoms with Crippen LogP contribution in [0.2, 0.25) is 0 Å². The third-order valence-electron chi connectivity index (χ3n) is 4.65. The Kier molecular flexibility index (Phi) is 5.13. The average molecular weight is 398 g/mol. The number of nitrogens with zero attached hydrogens (tertiary/aromatic N) is 1. The molecular formula is C24H18N2O4. The Hall–Kier alpha value is -4.19. The predicted octanol–water partition coefficient (Wildman–Crippen LogP) is 4.06. The SMILES string of the molecule is COc1cc(/C=C(\C(=O)c2ccccc2)c2nc3ccccc3[nH]c2=O)ccc1O. The molecule has 30 heavy (non-hydrogen) atoms. The number of aromatic amines is 1. The van der Waals surface area contributed by atoms with Crippen molar-refractivity contribution < 1.29 is 14.6 Å². The van der Waals surface area contributed by atoms with Crippen molar-refractivity contribution in [1.82, 2.24) is 9.97 Å². The highest BCUT2D eigenvalue weighted by Crippen LogP contribution is 2.29. The standard InChI is InChI=1S/C24H18N2O4/c1-30-21-14-15(11-12-20(21)27)13-17(23(28)16-7-3-2-4-8-16)22-24(29)26-19-10-6-5-9-18(19)25-22/h2-14,27H,1H3,(H,26,29)/b17-13-. The Balaban J connectivity index is 1.94. The maximum Gasteiger partial charge on any atom is 0.275 e. The number of carbonyl (C=O) groups excluding carboxylic acids is 1. The molecule has 4 aromatic rings. The van der Waals surface area contributed by atoms with Crippen LogP contribution in [0.3, 0.4) is 0 Å². The van der Waals surface area contributed by atoms with E-state index >= 15 is 0 Å². The number of aromatic nitrogens is 2. The summed E-state index contributed by atoms with van der Waals surface area (Å²) in [4.78, 5) is 33.4. The fourth-order valence-electron chi connectivity index (χ4n) is 3.15. The highest BCUT2D eigenvalue weighted by molar-refractivity contribution is 6.32. The van der Waals surface area contributed by atoms with Crippen molar-refractivity contribution in [2.45, 2.75) is 0 Å². The van der Waals surface area contributed by atoms with Gasteiger partial charge in [-0.2, -0.15) is 0 Å². The van der Waals surface area contributed by atoms with Crippen molar-refractivity contribution in [2.75, 3.05) is 7.11 Å². The van der Waals surface area contributed by atoms with E-state index in [-0.39, 0.29) is 28.5 Å². The molecule has 6 nitrogen and oxygen atoms in total. The molecule has 6 heteroatoms. The van der Waals surface area contributed by atoms with E-state index < -0.39 is 5.56 Å². The number of methoxy groups -OCH3 is 1. The number of nitrogens with one attached hydrogen (secondary N) is 1. The number of hydrogen-bond acceptors (Lipinski definition) is 5. The van der Waals surface area contributed by atoms with E-state index in [9.17, 15) is 14.7 Å². The predicted molar refractivity (Wildman–Crippen MR) is 116 cm³/mol. The zero-order valence-corrected chi connectivity index (χ0v) is 16.1. The van der Waals surface area contributed by atoms with E-state index in [0.29, 0.717) is 22.2 Å². The van der Waals surface area contributed by atoms with Crippen LogP contribution in [-0.4, -0.2) is 28.0 Å². The van der Waals surface area contributed by atoms with Crippen molar-refractivity contribution in [3.63, 3.8) is 0 Å². The van der Waals surface area contributed by atoms with Gasteiger partial charge in [0.05, 0.1) is 23.7 Å². The van der Waals surface area contributed by atoms with Crippen molar-refractivity contribution >= 4 is 28.5 Å². The van der Waals surface area contributed by atoms with Gasteiger partial charge in [-0.05, 0) is 35.9 Å². The molecule has 0 aliphatic heterocycles. The number of phenols is 1. The van der Waals surface area contributed by atoms with Crippen molar-refractivity contribution in [1.29, 1.82) is 0 Å². The van der Waals surface area contributed by atoms with E-state index in [2.05, 4.69) is 9.97 Å². The lowest BCUT2D eigenvalue weighted by Gasteiger charge is -2.09. The minimum atomic E-state index is -0.463. The molecular weight excluding hydrogens is 380 g/mol. The van der Waals surface area contributed by atoms with Gasteiger partial charge >= 0.3 is 0 Å². The smallest absolute Gasteiger partial charge is 0.275 e. The molecule has 0 atom stereocenters. The quantitative estimate of drug-likeness (QED) is 0.391. The minimum Gasteiger partial charge on any atom is -0.504 e. The van der Waals surface area contributed by atoms with Crippen molar-refractivity contribution in [3.8, 4) is 11.5 Å². The fourth-order valence-corrected chi connectivity index (χ4v) is 3.15. The van der Waals surface area contributed by atoms with Crippen LogP contribution in [0.5, 0.6) is 11.5 Å². The number of hydrogen-bond donors (Lipinski definition) is 2. The number of H-pyrrole nitrogens is 1. The zero-order chi connectivity index (χ0) is 21.1. The van der Waals surface area contributed by atoms with Gasteiger partial charge in [-0.1, -0.05) is 48.5 Å². The zero-order valence-electron chi connectivity index (χ0n) is 16.1. The van der Waals surface area contributed by atoms with E-state index in [1.807, 2.05) is 12.1 Å². The molecule has 0 saturated carbocycles. The van der Waals surface area contributed by atoms with Gasteiger partial charge < -0.3 is 14.8 Å². The first-order chi connectivity index (χ1) is 14.6. The summed E-state index contributed by atoms with van der Waals surface area (Å²) >= 11 is 0. The summed E-state index contributed by atoms with van der Waals surface area (Å²) in [6.07, 6.45) is 1.57. The van der Waals surface area contributed by atoms with Crippen LogP contribution in [-0.2, 0) is 0 Å². The summed E-state index contributed by atoms with van der Waals surface area (Å²) in [6, 6.07) is 20.5. The summed E-state index contributed by atoms with van der Waals surface area (Å²) in [7, 11) is 1.44. The van der Waals surface area contributed by atoms with Crippen LogP contribution < -0.4 is 10.3 Å². The first-order valence-electron chi connectivity index (χ1n) is 9.24. The summed E-state index contributed by atoms with van der Waals surface area (Å²) in [5.41, 5.74) is 1.87. The Morgan fingerprint density at radius 1 is 1.03 bits per heavy atom. The molecule has 1 aromatic heterocycles. The number of phenolic OH excluding ortho intramolecular Hbond substituents is 1. The Bertz CT molecular complexity index is 1320. The number of ketones is 1. The maximum absolute atomic E-state index is 13.3. The van der Waals surface area contributed by atoms with Gasteiger partial charge in [0.15, 0.2) is 17.3 Å². The number of Topliss-reactive ketones (excluding diaryl/α,β-unsaturated/α-hetero) is 1. The molecule has 0 aliphatic rings. The average Bonchev–Trinajstić information content (AvgIpc) is 2.78. The summed E-state index contributed by atoms with van der Waals surface area (Å²) in [5, 5.41) is 9.86. The Labute approximate surface area is 172 Å². The minimum absolute atomic E-state index is 0.0211. The van der Waals surface area contributed by atoms with E-state index in [1.165, 1.54) is 13.2 Å². The number of ether oxygens (including phenoxy) is 1. The molecule has 3 aromatic carbocycles. The van der Waals surface area contributed by atoms with Crippen LogP contribution in [0.4, 0.5) is 0 Å². The molecule has 1 heterocycles. The number of benzene rings is 3. The van der Waals surface area contributed by atoms with Gasteiger partial charge in [0.1, 0.15) is 5.69 Å². The molecule has 0 radical (unpaired) electrons. The summed E-state index contributed by atoms with van der Waals surface area (Å²) in [6.45, 7) is 0. The molecule has 0 amide bonds. The number of fused-ring (bicyclic) bond motifs is 1. The molecule has 0 aliphatic carbocycles. The second kappa shape index (κ2) is 8.05. The number of aromatic hydroxyl groups is 1. The summed E-state index contributed by atoms with van der Waals surface area (Å²) in [5.74, 6) is -0.0983. The first kappa shape index (κ1) is 19.1. The van der Waals surface area contributed by atoms with Crippen LogP contribution in [0.1, 0.15) is 21.6 Å². The second-order valence-electron chi connectivity index (χ2n) is 6.62.